The summed E-state index contributed by atoms with van der Waals surface area (Å²) in [7, 11) is 0. The van der Waals surface area contributed by atoms with Gasteiger partial charge in [0.25, 0.3) is 0 Å². The lowest BCUT2D eigenvalue weighted by Crippen LogP contribution is -2.09. The molecule has 2 aromatic rings. The van der Waals surface area contributed by atoms with Gasteiger partial charge in [-0.25, -0.2) is 13.2 Å². The minimum atomic E-state index is -1.38. The molecule has 0 aliphatic heterocycles. The van der Waals surface area contributed by atoms with Gasteiger partial charge in [0, 0.05) is 10.9 Å². The molecule has 0 amide bonds. The average molecular weight is 345 g/mol. The SMILES string of the molecule is Cc1ccc(F)c(C(O)Cc2cc(F)ccc2Br)c1F. The first-order valence-corrected chi connectivity index (χ1v) is 6.76. The van der Waals surface area contributed by atoms with Crippen LogP contribution in [0, 0.1) is 24.4 Å². The molecule has 0 aromatic heterocycles. The number of hydrogen-bond acceptors (Lipinski definition) is 1. The Balaban J connectivity index is 2.35. The van der Waals surface area contributed by atoms with Gasteiger partial charge in [0.1, 0.15) is 17.5 Å². The second-order valence-electron chi connectivity index (χ2n) is 4.55. The molecule has 1 nitrogen and oxygen atoms in total. The summed E-state index contributed by atoms with van der Waals surface area (Å²) in [6, 6.07) is 6.38. The van der Waals surface area contributed by atoms with E-state index in [2.05, 4.69) is 15.9 Å². The number of aliphatic hydroxyl groups is 1. The summed E-state index contributed by atoms with van der Waals surface area (Å²) in [5, 5.41) is 10.1. The quantitative estimate of drug-likeness (QED) is 0.871. The summed E-state index contributed by atoms with van der Waals surface area (Å²) >= 11 is 3.22. The maximum Gasteiger partial charge on any atom is 0.134 e. The van der Waals surface area contributed by atoms with Crippen LogP contribution in [0.25, 0.3) is 0 Å². The molecule has 5 heteroatoms. The first-order chi connectivity index (χ1) is 9.40. The average Bonchev–Trinajstić information content (AvgIpc) is 2.39. The van der Waals surface area contributed by atoms with E-state index in [9.17, 15) is 18.3 Å². The zero-order valence-corrected chi connectivity index (χ0v) is 12.2. The molecule has 1 unspecified atom stereocenters. The standard InChI is InChI=1S/C15H12BrF3O/c1-8-2-5-12(18)14(15(8)19)13(20)7-9-6-10(17)3-4-11(9)16/h2-6,13,20H,7H2,1H3. The molecule has 0 heterocycles. The van der Waals surface area contributed by atoms with Crippen molar-refractivity contribution in [2.45, 2.75) is 19.4 Å². The topological polar surface area (TPSA) is 20.2 Å². The minimum Gasteiger partial charge on any atom is -0.388 e. The lowest BCUT2D eigenvalue weighted by Gasteiger charge is -2.15. The number of rotatable bonds is 3. The second kappa shape index (κ2) is 5.97. The number of hydrogen-bond donors (Lipinski definition) is 1. The molecule has 0 spiro atoms. The van der Waals surface area contributed by atoms with E-state index in [1.165, 1.54) is 31.2 Å². The van der Waals surface area contributed by atoms with E-state index in [0.29, 0.717) is 10.0 Å². The van der Waals surface area contributed by atoms with Crippen molar-refractivity contribution in [3.63, 3.8) is 0 Å². The monoisotopic (exact) mass is 344 g/mol. The van der Waals surface area contributed by atoms with E-state index in [4.69, 9.17) is 0 Å². The third-order valence-corrected chi connectivity index (χ3v) is 3.85. The summed E-state index contributed by atoms with van der Waals surface area (Å²) in [6.07, 6.45) is -1.47. The molecule has 0 saturated heterocycles. The highest BCUT2D eigenvalue weighted by molar-refractivity contribution is 9.10. The maximum absolute atomic E-state index is 13.9. The van der Waals surface area contributed by atoms with Crippen LogP contribution < -0.4 is 0 Å². The minimum absolute atomic E-state index is 0.0877. The molecule has 106 valence electrons. The number of benzene rings is 2. The first-order valence-electron chi connectivity index (χ1n) is 5.96. The molecule has 20 heavy (non-hydrogen) atoms. The van der Waals surface area contributed by atoms with Crippen molar-refractivity contribution >= 4 is 15.9 Å². The Bertz CT molecular complexity index is 643. The third kappa shape index (κ3) is 3.04. The van der Waals surface area contributed by atoms with Gasteiger partial charge in [-0.15, -0.1) is 0 Å². The number of aliphatic hydroxyl groups excluding tert-OH is 1. The van der Waals surface area contributed by atoms with Crippen LogP contribution in [-0.2, 0) is 6.42 Å². The lowest BCUT2D eigenvalue weighted by atomic mass is 9.98. The molecular formula is C15H12BrF3O. The van der Waals surface area contributed by atoms with Gasteiger partial charge >= 0.3 is 0 Å². The van der Waals surface area contributed by atoms with Crippen LogP contribution in [-0.4, -0.2) is 5.11 Å². The van der Waals surface area contributed by atoms with Crippen LogP contribution >= 0.6 is 15.9 Å². The maximum atomic E-state index is 13.9. The Hall–Kier alpha value is -1.33. The number of halogens is 4. The fourth-order valence-electron chi connectivity index (χ4n) is 1.99. The van der Waals surface area contributed by atoms with Crippen molar-refractivity contribution in [1.82, 2.24) is 0 Å². The van der Waals surface area contributed by atoms with Crippen molar-refractivity contribution < 1.29 is 18.3 Å². The second-order valence-corrected chi connectivity index (χ2v) is 5.40. The van der Waals surface area contributed by atoms with Crippen molar-refractivity contribution in [3.8, 4) is 0 Å². The molecule has 0 aliphatic carbocycles. The molecule has 0 radical (unpaired) electrons. The fourth-order valence-corrected chi connectivity index (χ4v) is 2.40. The highest BCUT2D eigenvalue weighted by atomic mass is 79.9. The van der Waals surface area contributed by atoms with Gasteiger partial charge in [-0.05, 0) is 42.3 Å². The van der Waals surface area contributed by atoms with Crippen LogP contribution in [0.3, 0.4) is 0 Å². The van der Waals surface area contributed by atoms with Crippen LogP contribution in [0.15, 0.2) is 34.8 Å². The van der Waals surface area contributed by atoms with Gasteiger partial charge in [0.05, 0.1) is 11.7 Å². The van der Waals surface area contributed by atoms with Crippen LogP contribution in [0.2, 0.25) is 0 Å². The fraction of sp³-hybridized carbons (Fsp3) is 0.200. The van der Waals surface area contributed by atoms with Crippen molar-refractivity contribution in [2.24, 2.45) is 0 Å². The van der Waals surface area contributed by atoms with Crippen LogP contribution in [0.1, 0.15) is 22.8 Å². The number of aryl methyl sites for hydroxylation is 1. The molecule has 0 aliphatic rings. The Kier molecular flexibility index (Phi) is 4.50. The lowest BCUT2D eigenvalue weighted by molar-refractivity contribution is 0.168. The predicted molar refractivity (Wildman–Crippen MR) is 73.9 cm³/mol. The highest BCUT2D eigenvalue weighted by Crippen LogP contribution is 2.28. The molecule has 2 aromatic carbocycles. The van der Waals surface area contributed by atoms with Crippen LogP contribution in [0.5, 0.6) is 0 Å². The van der Waals surface area contributed by atoms with Gasteiger partial charge in [-0.2, -0.15) is 0 Å². The largest absolute Gasteiger partial charge is 0.388 e. The van der Waals surface area contributed by atoms with E-state index in [0.717, 1.165) is 6.07 Å². The smallest absolute Gasteiger partial charge is 0.134 e. The zero-order valence-electron chi connectivity index (χ0n) is 10.6. The first kappa shape index (κ1) is 15.1. The molecule has 0 bridgehead atoms. The molecule has 0 saturated carbocycles. The third-order valence-electron chi connectivity index (χ3n) is 3.07. The molecule has 2 rings (SSSR count). The highest BCUT2D eigenvalue weighted by Gasteiger charge is 2.20. The van der Waals surface area contributed by atoms with Gasteiger partial charge < -0.3 is 5.11 Å². The van der Waals surface area contributed by atoms with Crippen molar-refractivity contribution in [2.75, 3.05) is 0 Å². The summed E-state index contributed by atoms with van der Waals surface area (Å²) in [5.41, 5.74) is 0.303. The van der Waals surface area contributed by atoms with Crippen molar-refractivity contribution in [3.05, 3.63) is 68.9 Å². The van der Waals surface area contributed by atoms with E-state index >= 15 is 0 Å². The zero-order chi connectivity index (χ0) is 14.9. The normalized spacial score (nSPS) is 12.5. The summed E-state index contributed by atoms with van der Waals surface area (Å²) in [6.45, 7) is 1.49. The summed E-state index contributed by atoms with van der Waals surface area (Å²) in [5.74, 6) is -2.06. The van der Waals surface area contributed by atoms with Gasteiger partial charge in [0.2, 0.25) is 0 Å². The van der Waals surface area contributed by atoms with E-state index in [1.807, 2.05) is 0 Å². The summed E-state index contributed by atoms with van der Waals surface area (Å²) in [4.78, 5) is 0. The van der Waals surface area contributed by atoms with Gasteiger partial charge in [-0.1, -0.05) is 22.0 Å². The van der Waals surface area contributed by atoms with Crippen molar-refractivity contribution in [1.29, 1.82) is 0 Å². The Labute approximate surface area is 123 Å². The molecule has 0 fully saturated rings. The van der Waals surface area contributed by atoms with Gasteiger partial charge in [-0.3, -0.25) is 0 Å². The molecule has 1 N–H and O–H groups in total. The van der Waals surface area contributed by atoms with E-state index < -0.39 is 23.6 Å². The Morgan fingerprint density at radius 3 is 2.55 bits per heavy atom. The predicted octanol–water partition coefficient (Wildman–Crippen LogP) is 4.45. The molecular weight excluding hydrogens is 333 g/mol. The van der Waals surface area contributed by atoms with E-state index in [-0.39, 0.29) is 17.5 Å². The molecule has 1 atom stereocenters. The van der Waals surface area contributed by atoms with Gasteiger partial charge in [0.15, 0.2) is 0 Å². The van der Waals surface area contributed by atoms with E-state index in [1.54, 1.807) is 0 Å². The van der Waals surface area contributed by atoms with Crippen LogP contribution in [0.4, 0.5) is 13.2 Å². The Morgan fingerprint density at radius 2 is 1.85 bits per heavy atom. The summed E-state index contributed by atoms with van der Waals surface area (Å²) < 4.78 is 41.3. The Morgan fingerprint density at radius 1 is 1.15 bits per heavy atom.